The Morgan fingerprint density at radius 2 is 2.00 bits per heavy atom. The monoisotopic (exact) mass is 367 g/mol. The summed E-state index contributed by atoms with van der Waals surface area (Å²) in [6, 6.07) is 14.2. The fourth-order valence-electron chi connectivity index (χ4n) is 2.02. The molecule has 0 saturated heterocycles. The highest BCUT2D eigenvalue weighted by molar-refractivity contribution is 14.1. The van der Waals surface area contributed by atoms with Gasteiger partial charge in [0.15, 0.2) is 3.77 Å². The zero-order chi connectivity index (χ0) is 13.2. The van der Waals surface area contributed by atoms with Crippen molar-refractivity contribution in [1.82, 2.24) is 5.32 Å². The van der Waals surface area contributed by atoms with Gasteiger partial charge in [0.1, 0.15) is 17.1 Å². The van der Waals surface area contributed by atoms with Crippen molar-refractivity contribution in [2.75, 3.05) is 0 Å². The molecule has 0 aliphatic rings. The summed E-state index contributed by atoms with van der Waals surface area (Å²) < 4.78 is 12.3. The molecule has 0 spiro atoms. The van der Waals surface area contributed by atoms with Gasteiger partial charge in [-0.05, 0) is 53.8 Å². The van der Waals surface area contributed by atoms with Gasteiger partial charge in [-0.3, -0.25) is 0 Å². The smallest absolute Gasteiger partial charge is 0.164 e. The van der Waals surface area contributed by atoms with Gasteiger partial charge in [0, 0.05) is 5.39 Å². The number of hydrogen-bond donors (Lipinski definition) is 1. The number of rotatable bonds is 4. The minimum Gasteiger partial charge on any atom is -0.459 e. The highest BCUT2D eigenvalue weighted by Gasteiger charge is 2.11. The van der Waals surface area contributed by atoms with Gasteiger partial charge in [-0.25, -0.2) is 0 Å². The molecule has 0 radical (unpaired) electrons. The van der Waals surface area contributed by atoms with Gasteiger partial charge < -0.3 is 14.2 Å². The van der Waals surface area contributed by atoms with Gasteiger partial charge >= 0.3 is 0 Å². The Morgan fingerprint density at radius 1 is 1.16 bits per heavy atom. The van der Waals surface area contributed by atoms with Crippen molar-refractivity contribution in [3.8, 4) is 0 Å². The normalized spacial score (nSPS) is 12.9. The summed E-state index contributed by atoms with van der Waals surface area (Å²) in [5.74, 6) is 1.88. The Labute approximate surface area is 125 Å². The fourth-order valence-corrected chi connectivity index (χ4v) is 2.48. The van der Waals surface area contributed by atoms with Crippen LogP contribution in [0.3, 0.4) is 0 Å². The van der Waals surface area contributed by atoms with Crippen LogP contribution in [0.1, 0.15) is 24.5 Å². The number of fused-ring (bicyclic) bond motifs is 1. The average molecular weight is 367 g/mol. The number of halogens is 1. The first kappa shape index (κ1) is 12.7. The molecular formula is C15H14INO2. The first-order valence-electron chi connectivity index (χ1n) is 6.18. The van der Waals surface area contributed by atoms with Crippen molar-refractivity contribution in [3.63, 3.8) is 0 Å². The molecule has 0 saturated carbocycles. The highest BCUT2D eigenvalue weighted by atomic mass is 127. The molecule has 19 heavy (non-hydrogen) atoms. The van der Waals surface area contributed by atoms with Crippen molar-refractivity contribution in [2.45, 2.75) is 19.5 Å². The van der Waals surface area contributed by atoms with Gasteiger partial charge in [0.25, 0.3) is 0 Å². The predicted molar refractivity (Wildman–Crippen MR) is 82.9 cm³/mol. The third-order valence-corrected chi connectivity index (χ3v) is 3.66. The molecule has 4 heteroatoms. The summed E-state index contributed by atoms with van der Waals surface area (Å²) in [5, 5.41) is 4.54. The molecule has 2 heterocycles. The summed E-state index contributed by atoms with van der Waals surface area (Å²) in [6.45, 7) is 2.78. The lowest BCUT2D eigenvalue weighted by Gasteiger charge is -2.09. The van der Waals surface area contributed by atoms with E-state index in [-0.39, 0.29) is 6.04 Å². The maximum atomic E-state index is 5.83. The van der Waals surface area contributed by atoms with E-state index in [1.165, 1.54) is 0 Å². The SMILES string of the molecule is CC(NCc1ccc(I)o1)c1cc2ccccc2o1. The van der Waals surface area contributed by atoms with Crippen molar-refractivity contribution >= 4 is 33.6 Å². The standard InChI is InChI=1S/C15H14INO2/c1-10(17-9-12-6-7-15(16)18-12)14-8-11-4-2-3-5-13(11)19-14/h2-8,10,17H,9H2,1H3. The number of para-hydroxylation sites is 1. The van der Waals surface area contributed by atoms with E-state index in [1.54, 1.807) is 0 Å². The Balaban J connectivity index is 1.71. The molecule has 0 aliphatic heterocycles. The molecule has 1 unspecified atom stereocenters. The van der Waals surface area contributed by atoms with Crippen LogP contribution < -0.4 is 5.32 Å². The minimum absolute atomic E-state index is 0.148. The van der Waals surface area contributed by atoms with Gasteiger partial charge in [0.2, 0.25) is 0 Å². The van der Waals surface area contributed by atoms with Crippen LogP contribution in [0.25, 0.3) is 11.0 Å². The lowest BCUT2D eigenvalue weighted by molar-refractivity contribution is 0.412. The molecule has 0 bridgehead atoms. The number of hydrogen-bond acceptors (Lipinski definition) is 3. The van der Waals surface area contributed by atoms with Crippen LogP contribution in [0.15, 0.2) is 51.3 Å². The molecule has 0 aliphatic carbocycles. The second kappa shape index (κ2) is 5.38. The van der Waals surface area contributed by atoms with Crippen molar-refractivity contribution in [1.29, 1.82) is 0 Å². The molecule has 3 rings (SSSR count). The van der Waals surface area contributed by atoms with Crippen LogP contribution in [0.5, 0.6) is 0 Å². The minimum atomic E-state index is 0.148. The molecular weight excluding hydrogens is 353 g/mol. The van der Waals surface area contributed by atoms with E-state index >= 15 is 0 Å². The van der Waals surface area contributed by atoms with Gasteiger partial charge in [-0.15, -0.1) is 0 Å². The van der Waals surface area contributed by atoms with E-state index < -0.39 is 0 Å². The summed E-state index contributed by atoms with van der Waals surface area (Å²) >= 11 is 2.17. The van der Waals surface area contributed by atoms with E-state index in [1.807, 2.05) is 30.3 Å². The molecule has 1 N–H and O–H groups in total. The molecule has 0 fully saturated rings. The maximum Gasteiger partial charge on any atom is 0.164 e. The van der Waals surface area contributed by atoms with Crippen molar-refractivity contribution in [2.24, 2.45) is 0 Å². The van der Waals surface area contributed by atoms with Crippen LogP contribution in [0.2, 0.25) is 0 Å². The van der Waals surface area contributed by atoms with E-state index in [4.69, 9.17) is 8.83 Å². The Kier molecular flexibility index (Phi) is 3.61. The van der Waals surface area contributed by atoms with Gasteiger partial charge in [0.05, 0.1) is 12.6 Å². The average Bonchev–Trinajstić information content (AvgIpc) is 3.01. The predicted octanol–water partition coefficient (Wildman–Crippen LogP) is 4.48. The number of benzene rings is 1. The van der Waals surface area contributed by atoms with E-state index in [0.717, 1.165) is 26.3 Å². The molecule has 1 atom stereocenters. The Bertz CT molecular complexity index is 653. The Hall–Kier alpha value is -1.27. The lowest BCUT2D eigenvalue weighted by Crippen LogP contribution is -2.17. The lowest BCUT2D eigenvalue weighted by atomic mass is 10.2. The first-order chi connectivity index (χ1) is 9.22. The van der Waals surface area contributed by atoms with Crippen LogP contribution in [0, 0.1) is 3.77 Å². The largest absolute Gasteiger partial charge is 0.459 e. The summed E-state index contributed by atoms with van der Waals surface area (Å²) in [7, 11) is 0. The van der Waals surface area contributed by atoms with Crippen molar-refractivity contribution < 1.29 is 8.83 Å². The van der Waals surface area contributed by atoms with Crippen LogP contribution in [0.4, 0.5) is 0 Å². The third-order valence-electron chi connectivity index (χ3n) is 3.08. The maximum absolute atomic E-state index is 5.83. The summed E-state index contributed by atoms with van der Waals surface area (Å²) in [5.41, 5.74) is 0.929. The summed E-state index contributed by atoms with van der Waals surface area (Å²) in [6.07, 6.45) is 0. The first-order valence-corrected chi connectivity index (χ1v) is 7.26. The Morgan fingerprint density at radius 3 is 2.74 bits per heavy atom. The summed E-state index contributed by atoms with van der Waals surface area (Å²) in [4.78, 5) is 0. The topological polar surface area (TPSA) is 38.3 Å². The van der Waals surface area contributed by atoms with E-state index in [2.05, 4.69) is 47.0 Å². The molecule has 1 aromatic carbocycles. The van der Waals surface area contributed by atoms with E-state index in [0.29, 0.717) is 6.54 Å². The third kappa shape index (κ3) is 2.84. The fraction of sp³-hybridized carbons (Fsp3) is 0.200. The zero-order valence-electron chi connectivity index (χ0n) is 10.5. The molecule has 3 nitrogen and oxygen atoms in total. The van der Waals surface area contributed by atoms with Crippen LogP contribution in [-0.2, 0) is 6.54 Å². The molecule has 3 aromatic rings. The van der Waals surface area contributed by atoms with Gasteiger partial charge in [-0.2, -0.15) is 0 Å². The number of nitrogens with one attached hydrogen (secondary N) is 1. The molecule has 2 aromatic heterocycles. The molecule has 0 amide bonds. The molecule has 98 valence electrons. The highest BCUT2D eigenvalue weighted by Crippen LogP contribution is 2.23. The zero-order valence-corrected chi connectivity index (χ0v) is 12.7. The second-order valence-electron chi connectivity index (χ2n) is 4.50. The van der Waals surface area contributed by atoms with Crippen molar-refractivity contribution in [3.05, 3.63) is 57.8 Å². The van der Waals surface area contributed by atoms with Crippen LogP contribution in [-0.4, -0.2) is 0 Å². The van der Waals surface area contributed by atoms with Crippen LogP contribution >= 0.6 is 22.6 Å². The quantitative estimate of drug-likeness (QED) is 0.691. The van der Waals surface area contributed by atoms with Gasteiger partial charge in [-0.1, -0.05) is 18.2 Å². The van der Waals surface area contributed by atoms with E-state index in [9.17, 15) is 0 Å². The second-order valence-corrected chi connectivity index (χ2v) is 5.56. The number of furan rings is 2.